The molecule has 2 N–H and O–H groups in total. The fourth-order valence-corrected chi connectivity index (χ4v) is 3.96. The molecule has 0 bridgehead atoms. The van der Waals surface area contributed by atoms with E-state index in [9.17, 15) is 4.79 Å². The summed E-state index contributed by atoms with van der Waals surface area (Å²) in [4.78, 5) is 11.5. The van der Waals surface area contributed by atoms with Crippen LogP contribution in [0.15, 0.2) is 24.6 Å². The molecule has 0 aromatic heterocycles. The van der Waals surface area contributed by atoms with Crippen molar-refractivity contribution in [1.29, 1.82) is 0 Å². The first-order valence-corrected chi connectivity index (χ1v) is 10.8. The fourth-order valence-electron chi connectivity index (χ4n) is 3.96. The van der Waals surface area contributed by atoms with E-state index in [-0.39, 0.29) is 12.1 Å². The van der Waals surface area contributed by atoms with Crippen molar-refractivity contribution in [2.24, 2.45) is 0 Å². The monoisotopic (exact) mass is 364 g/mol. The minimum Gasteiger partial charge on any atom is -0.338 e. The topological polar surface area (TPSA) is 41.1 Å². The molecule has 4 heteroatoms. The van der Waals surface area contributed by atoms with Crippen LogP contribution in [0, 0.1) is 0 Å². The number of nitrogens with one attached hydrogen (secondary N) is 2. The van der Waals surface area contributed by atoms with Gasteiger partial charge in [0.2, 0.25) is 5.91 Å². The van der Waals surface area contributed by atoms with Crippen molar-refractivity contribution < 1.29 is 9.28 Å². The largest absolute Gasteiger partial charge is 0.338 e. The highest BCUT2D eigenvalue weighted by Gasteiger charge is 2.41. The summed E-state index contributed by atoms with van der Waals surface area (Å²) in [6.45, 7) is 9.15. The van der Waals surface area contributed by atoms with Gasteiger partial charge in [-0.1, -0.05) is 51.2 Å². The zero-order valence-corrected chi connectivity index (χ0v) is 17.6. The molecule has 1 aliphatic heterocycles. The van der Waals surface area contributed by atoms with E-state index in [0.29, 0.717) is 6.17 Å². The third kappa shape index (κ3) is 7.53. The van der Waals surface area contributed by atoms with Crippen LogP contribution in [0.4, 0.5) is 0 Å². The molecule has 1 heterocycles. The van der Waals surface area contributed by atoms with Gasteiger partial charge in [0.25, 0.3) is 0 Å². The van der Waals surface area contributed by atoms with E-state index in [1.165, 1.54) is 57.8 Å². The summed E-state index contributed by atoms with van der Waals surface area (Å²) < 4.78 is 0.808. The Morgan fingerprint density at radius 1 is 1.12 bits per heavy atom. The second-order valence-electron chi connectivity index (χ2n) is 7.64. The van der Waals surface area contributed by atoms with Gasteiger partial charge in [-0.15, -0.1) is 0 Å². The van der Waals surface area contributed by atoms with Crippen molar-refractivity contribution >= 4 is 5.91 Å². The predicted octanol–water partition coefficient (Wildman–Crippen LogP) is 5.18. The molecule has 0 saturated carbocycles. The number of hydrogen-bond acceptors (Lipinski definition) is 2. The van der Waals surface area contributed by atoms with E-state index >= 15 is 0 Å². The first-order valence-electron chi connectivity index (χ1n) is 10.8. The van der Waals surface area contributed by atoms with Crippen LogP contribution in [-0.4, -0.2) is 29.3 Å². The molecule has 3 atom stereocenters. The van der Waals surface area contributed by atoms with Gasteiger partial charge < -0.3 is 10.6 Å². The normalized spacial score (nSPS) is 23.3. The van der Waals surface area contributed by atoms with Crippen molar-refractivity contribution in [1.82, 2.24) is 10.6 Å². The minimum absolute atomic E-state index is 0.0474. The van der Waals surface area contributed by atoms with Crippen LogP contribution in [0.25, 0.3) is 0 Å². The molecule has 0 aliphatic carbocycles. The number of hydrogen-bond donors (Lipinski definition) is 2. The molecule has 26 heavy (non-hydrogen) atoms. The number of carbonyl (C=O) groups excluding carboxylic acids is 1. The third-order valence-electron chi connectivity index (χ3n) is 5.64. The van der Waals surface area contributed by atoms with Gasteiger partial charge in [-0.2, -0.15) is 0 Å². The number of quaternary nitrogens is 1. The van der Waals surface area contributed by atoms with Crippen molar-refractivity contribution in [3.8, 4) is 0 Å². The zero-order chi connectivity index (χ0) is 19.3. The summed E-state index contributed by atoms with van der Waals surface area (Å²) in [6.07, 6.45) is 22.3. The molecule has 0 spiro atoms. The van der Waals surface area contributed by atoms with Gasteiger partial charge >= 0.3 is 0 Å². The highest BCUT2D eigenvalue weighted by Crippen LogP contribution is 2.26. The Kier molecular flexibility index (Phi) is 11.3. The first kappa shape index (κ1) is 22.8. The third-order valence-corrected chi connectivity index (χ3v) is 5.64. The van der Waals surface area contributed by atoms with Crippen molar-refractivity contribution in [2.75, 3.05) is 6.54 Å². The van der Waals surface area contributed by atoms with Crippen LogP contribution in [-0.2, 0) is 4.79 Å². The van der Waals surface area contributed by atoms with Crippen molar-refractivity contribution in [3.63, 3.8) is 0 Å². The number of allylic oxidation sites excluding steroid dienone is 2. The van der Waals surface area contributed by atoms with Crippen molar-refractivity contribution in [2.45, 2.75) is 104 Å². The zero-order valence-electron chi connectivity index (χ0n) is 17.6. The maximum absolute atomic E-state index is 11.5. The molecule has 0 aromatic carbocycles. The SMILES string of the molecule is CCCC/C=C/CCCCCCCC1NC=C[N+]1(CC)C(C)NC(C)=O. The van der Waals surface area contributed by atoms with E-state index < -0.39 is 0 Å². The summed E-state index contributed by atoms with van der Waals surface area (Å²) in [5, 5.41) is 6.60. The summed E-state index contributed by atoms with van der Waals surface area (Å²) in [7, 11) is 0. The van der Waals surface area contributed by atoms with Gasteiger partial charge in [-0.05, 0) is 32.6 Å². The van der Waals surface area contributed by atoms with E-state index in [2.05, 4.69) is 56.0 Å². The molecular weight excluding hydrogens is 322 g/mol. The predicted molar refractivity (Wildman–Crippen MR) is 111 cm³/mol. The molecule has 1 aliphatic rings. The van der Waals surface area contributed by atoms with Gasteiger partial charge in [-0.3, -0.25) is 9.28 Å². The van der Waals surface area contributed by atoms with Gasteiger partial charge in [0.05, 0.1) is 12.7 Å². The quantitative estimate of drug-likeness (QED) is 0.253. The summed E-state index contributed by atoms with van der Waals surface area (Å²) >= 11 is 0. The lowest BCUT2D eigenvalue weighted by Crippen LogP contribution is -2.62. The number of nitrogens with zero attached hydrogens (tertiary/aromatic N) is 1. The summed E-state index contributed by atoms with van der Waals surface area (Å²) in [5.41, 5.74) is 0. The Bertz CT molecular complexity index is 447. The Balaban J connectivity index is 2.21. The van der Waals surface area contributed by atoms with E-state index in [0.717, 1.165) is 17.4 Å². The van der Waals surface area contributed by atoms with E-state index in [1.807, 2.05) is 0 Å². The highest BCUT2D eigenvalue weighted by atomic mass is 16.1. The maximum atomic E-state index is 11.5. The van der Waals surface area contributed by atoms with Crippen LogP contribution in [0.3, 0.4) is 0 Å². The number of unbranched alkanes of at least 4 members (excludes halogenated alkanes) is 7. The summed E-state index contributed by atoms with van der Waals surface area (Å²) in [6, 6.07) is 0. The number of carbonyl (C=O) groups is 1. The first-order chi connectivity index (χ1) is 12.6. The fraction of sp³-hybridized carbons (Fsp3) is 0.773. The molecule has 1 rings (SSSR count). The van der Waals surface area contributed by atoms with Gasteiger partial charge in [0, 0.05) is 20.3 Å². The molecule has 0 aromatic rings. The number of amides is 1. The molecule has 3 unspecified atom stereocenters. The van der Waals surface area contributed by atoms with Gasteiger partial charge in [0.15, 0.2) is 12.3 Å². The van der Waals surface area contributed by atoms with Gasteiger partial charge in [-0.25, -0.2) is 0 Å². The lowest BCUT2D eigenvalue weighted by molar-refractivity contribution is -0.923. The minimum atomic E-state index is 0.0474. The van der Waals surface area contributed by atoms with Crippen LogP contribution in [0.5, 0.6) is 0 Å². The lowest BCUT2D eigenvalue weighted by Gasteiger charge is -2.41. The molecule has 4 nitrogen and oxygen atoms in total. The molecule has 0 radical (unpaired) electrons. The van der Waals surface area contributed by atoms with Crippen LogP contribution < -0.4 is 10.6 Å². The average molecular weight is 365 g/mol. The molecule has 0 saturated heterocycles. The second-order valence-corrected chi connectivity index (χ2v) is 7.64. The van der Waals surface area contributed by atoms with Gasteiger partial charge in [0.1, 0.15) is 6.20 Å². The Morgan fingerprint density at radius 3 is 2.42 bits per heavy atom. The molecule has 150 valence electrons. The smallest absolute Gasteiger partial charge is 0.221 e. The Labute approximate surface area is 161 Å². The van der Waals surface area contributed by atoms with Crippen LogP contribution >= 0.6 is 0 Å². The average Bonchev–Trinajstić information content (AvgIpc) is 3.03. The van der Waals surface area contributed by atoms with Crippen LogP contribution in [0.2, 0.25) is 0 Å². The van der Waals surface area contributed by atoms with Crippen molar-refractivity contribution in [3.05, 3.63) is 24.6 Å². The highest BCUT2D eigenvalue weighted by molar-refractivity contribution is 5.72. The molecule has 0 fully saturated rings. The Hall–Kier alpha value is -1.29. The van der Waals surface area contributed by atoms with Crippen LogP contribution in [0.1, 0.15) is 91.9 Å². The maximum Gasteiger partial charge on any atom is 0.221 e. The lowest BCUT2D eigenvalue weighted by atomic mass is 10.1. The molecular formula is C22H42N3O+. The van der Waals surface area contributed by atoms with E-state index in [1.54, 1.807) is 6.92 Å². The van der Waals surface area contributed by atoms with E-state index in [4.69, 9.17) is 0 Å². The second kappa shape index (κ2) is 13.0. The standard InChI is InChI=1S/C22H41N3O/c1-5-7-8-9-10-11-12-13-14-15-16-17-22-23-18-19-25(22,6-2)20(3)24-21(4)26/h9-10,18-20,22-23H,5-8,11-17H2,1-4H3/p+1/b10-9+. The Morgan fingerprint density at radius 2 is 1.77 bits per heavy atom. The molecule has 1 amide bonds. The number of rotatable bonds is 14. The summed E-state index contributed by atoms with van der Waals surface area (Å²) in [5.74, 6) is 0.0474.